The predicted octanol–water partition coefficient (Wildman–Crippen LogP) is -1.16. The Morgan fingerprint density at radius 2 is 1.73 bits per heavy atom. The lowest BCUT2D eigenvalue weighted by atomic mass is 9.87. The van der Waals surface area contributed by atoms with E-state index in [0.29, 0.717) is 13.0 Å². The molecule has 0 fully saturated rings. The number of nitrogens with one attached hydrogen (secondary N) is 1. The van der Waals surface area contributed by atoms with Crippen LogP contribution in [0.3, 0.4) is 0 Å². The average molecular weight is 377 g/mol. The van der Waals surface area contributed by atoms with Gasteiger partial charge in [-0.2, -0.15) is 0 Å². The summed E-state index contributed by atoms with van der Waals surface area (Å²) in [6.07, 6.45) is -0.774. The highest BCUT2D eigenvalue weighted by molar-refractivity contribution is 5.88. The molecule has 1 amide bonds. The number of hydrogen-bond donors (Lipinski definition) is 7. The van der Waals surface area contributed by atoms with E-state index in [1.54, 1.807) is 13.8 Å². The van der Waals surface area contributed by atoms with Gasteiger partial charge in [0.15, 0.2) is 11.5 Å². The van der Waals surface area contributed by atoms with Gasteiger partial charge in [-0.3, -0.25) is 4.79 Å². The molecule has 0 heterocycles. The van der Waals surface area contributed by atoms with Crippen molar-refractivity contribution in [2.24, 2.45) is 5.41 Å². The van der Waals surface area contributed by atoms with Crippen LogP contribution >= 0.6 is 0 Å². The minimum atomic E-state index is -1.23. The molecule has 10 heteroatoms. The monoisotopic (exact) mass is 377 g/mol. The summed E-state index contributed by atoms with van der Waals surface area (Å²) in [5.74, 6) is -2.40. The number of aliphatic hydroxyl groups excluding tert-OH is 3. The zero-order valence-electron chi connectivity index (χ0n) is 14.6. The van der Waals surface area contributed by atoms with Gasteiger partial charge in [-0.15, -0.1) is 0 Å². The number of aromatic hydroxyl groups is 2. The zero-order chi connectivity index (χ0) is 19.6. The molecular formula is C16H27NO9. The number of amides is 1. The molecule has 0 radical (unpaired) electrons. The van der Waals surface area contributed by atoms with Gasteiger partial charge in [-0.05, 0) is 24.6 Å². The molecule has 1 aromatic rings. The maximum Gasteiger partial charge on any atom is 0.335 e. The fraction of sp³-hybridized carbons (Fsp3) is 0.500. The maximum absolute atomic E-state index is 11.3. The highest BCUT2D eigenvalue weighted by Gasteiger charge is 2.32. The molecule has 9 N–H and O–H groups in total. The second kappa shape index (κ2) is 12.0. The Morgan fingerprint density at radius 1 is 1.15 bits per heavy atom. The SMILES string of the molecule is CC(C)(CO)C(O)C(=O)NCCCO.O.O=C(O)c1ccc(O)c(O)c1. The molecule has 1 aromatic carbocycles. The summed E-state index contributed by atoms with van der Waals surface area (Å²) in [6, 6.07) is 3.31. The molecule has 0 saturated heterocycles. The van der Waals surface area contributed by atoms with E-state index >= 15 is 0 Å². The zero-order valence-corrected chi connectivity index (χ0v) is 14.6. The summed E-state index contributed by atoms with van der Waals surface area (Å²) in [6.45, 7) is 3.27. The topological polar surface area (TPSA) is 199 Å². The van der Waals surface area contributed by atoms with Crippen LogP contribution in [0.2, 0.25) is 0 Å². The molecule has 0 aliphatic rings. The van der Waals surface area contributed by atoms with Crippen LogP contribution < -0.4 is 5.32 Å². The first-order valence-electron chi connectivity index (χ1n) is 7.49. The first-order valence-corrected chi connectivity index (χ1v) is 7.49. The molecule has 1 rings (SSSR count). The van der Waals surface area contributed by atoms with Gasteiger partial charge in [0, 0.05) is 18.6 Å². The highest BCUT2D eigenvalue weighted by atomic mass is 16.4. The number of phenolic OH excluding ortho intramolecular Hbond substituents is 2. The number of hydrogen-bond acceptors (Lipinski definition) is 7. The Labute approximate surface area is 150 Å². The number of benzene rings is 1. The second-order valence-corrected chi connectivity index (χ2v) is 5.93. The van der Waals surface area contributed by atoms with E-state index in [-0.39, 0.29) is 30.0 Å². The molecule has 10 nitrogen and oxygen atoms in total. The van der Waals surface area contributed by atoms with Gasteiger partial charge in [0.1, 0.15) is 6.10 Å². The lowest BCUT2D eigenvalue weighted by molar-refractivity contribution is -0.137. The van der Waals surface area contributed by atoms with Gasteiger partial charge in [0.05, 0.1) is 12.2 Å². The van der Waals surface area contributed by atoms with E-state index in [9.17, 15) is 14.7 Å². The minimum absolute atomic E-state index is 0. The fourth-order valence-electron chi connectivity index (χ4n) is 1.49. The van der Waals surface area contributed by atoms with Crippen molar-refractivity contribution in [3.05, 3.63) is 23.8 Å². The summed E-state index contributed by atoms with van der Waals surface area (Å²) in [5, 5.41) is 55.4. The Hall–Kier alpha value is -2.40. The van der Waals surface area contributed by atoms with E-state index in [1.165, 1.54) is 6.07 Å². The fourth-order valence-corrected chi connectivity index (χ4v) is 1.49. The quantitative estimate of drug-likeness (QED) is 0.228. The standard InChI is InChI=1S/C9H19NO4.C7H6O4.H2O/c1-9(2,6-12)7(13)8(14)10-4-3-5-11;8-5-2-1-4(7(10)11)3-6(5)9;/h7,11-13H,3-6H2,1-2H3,(H,10,14);1-3,8-9H,(H,10,11);1H2. The van der Waals surface area contributed by atoms with Crippen LogP contribution in [0, 0.1) is 5.41 Å². The molecule has 0 aliphatic carbocycles. The normalized spacial score (nSPS) is 11.4. The summed E-state index contributed by atoms with van der Waals surface area (Å²) in [4.78, 5) is 21.5. The third-order valence-electron chi connectivity index (χ3n) is 3.25. The maximum atomic E-state index is 11.3. The minimum Gasteiger partial charge on any atom is -0.504 e. The number of carbonyl (C=O) groups excluding carboxylic acids is 1. The molecule has 1 atom stereocenters. The number of aliphatic hydroxyl groups is 3. The van der Waals surface area contributed by atoms with Gasteiger partial charge in [-0.25, -0.2) is 4.79 Å². The first kappa shape index (κ1) is 25.8. The Kier molecular flexibility index (Phi) is 12.0. The molecule has 0 spiro atoms. The van der Waals surface area contributed by atoms with Crippen LogP contribution in [-0.2, 0) is 4.79 Å². The van der Waals surface area contributed by atoms with Crippen molar-refractivity contribution in [2.45, 2.75) is 26.4 Å². The summed E-state index contributed by atoms with van der Waals surface area (Å²) < 4.78 is 0. The van der Waals surface area contributed by atoms with Crippen LogP contribution in [-0.4, -0.2) is 73.9 Å². The molecule has 1 unspecified atom stereocenters. The van der Waals surface area contributed by atoms with Crippen molar-refractivity contribution < 1.29 is 45.7 Å². The van der Waals surface area contributed by atoms with Gasteiger partial charge < -0.3 is 41.4 Å². The number of carboxylic acids is 1. The molecule has 0 aliphatic heterocycles. The van der Waals surface area contributed by atoms with Gasteiger partial charge in [-0.1, -0.05) is 13.8 Å². The Morgan fingerprint density at radius 3 is 2.15 bits per heavy atom. The summed E-state index contributed by atoms with van der Waals surface area (Å²) in [7, 11) is 0. The van der Waals surface area contributed by atoms with Crippen LogP contribution in [0.1, 0.15) is 30.6 Å². The molecule has 0 aromatic heterocycles. The number of carboxylic acid groups (broad SMARTS) is 1. The number of aromatic carboxylic acids is 1. The number of carbonyl (C=O) groups is 2. The van der Waals surface area contributed by atoms with Crippen molar-refractivity contribution in [3.63, 3.8) is 0 Å². The van der Waals surface area contributed by atoms with Crippen LogP contribution in [0.5, 0.6) is 11.5 Å². The lowest BCUT2D eigenvalue weighted by Crippen LogP contribution is -2.45. The summed E-state index contributed by atoms with van der Waals surface area (Å²) in [5.41, 5.74) is -0.899. The van der Waals surface area contributed by atoms with Crippen molar-refractivity contribution in [1.82, 2.24) is 5.32 Å². The van der Waals surface area contributed by atoms with Crippen LogP contribution in [0.15, 0.2) is 18.2 Å². The van der Waals surface area contributed by atoms with Crippen molar-refractivity contribution in [1.29, 1.82) is 0 Å². The Balaban J connectivity index is 0. The average Bonchev–Trinajstić information content (AvgIpc) is 2.57. The van der Waals surface area contributed by atoms with E-state index in [4.69, 9.17) is 25.5 Å². The van der Waals surface area contributed by atoms with Crippen molar-refractivity contribution >= 4 is 11.9 Å². The molecule has 26 heavy (non-hydrogen) atoms. The van der Waals surface area contributed by atoms with Gasteiger partial charge in [0.2, 0.25) is 5.91 Å². The van der Waals surface area contributed by atoms with E-state index in [2.05, 4.69) is 5.32 Å². The second-order valence-electron chi connectivity index (χ2n) is 5.93. The van der Waals surface area contributed by atoms with Crippen molar-refractivity contribution in [2.75, 3.05) is 19.8 Å². The van der Waals surface area contributed by atoms with Crippen LogP contribution in [0.25, 0.3) is 0 Å². The number of phenols is 2. The van der Waals surface area contributed by atoms with Crippen molar-refractivity contribution in [3.8, 4) is 11.5 Å². The lowest BCUT2D eigenvalue weighted by Gasteiger charge is -2.27. The number of rotatable bonds is 7. The third-order valence-corrected chi connectivity index (χ3v) is 3.25. The van der Waals surface area contributed by atoms with Gasteiger partial charge >= 0.3 is 5.97 Å². The molecule has 0 bridgehead atoms. The largest absolute Gasteiger partial charge is 0.504 e. The Bertz CT molecular complexity index is 575. The molecule has 0 saturated carbocycles. The van der Waals surface area contributed by atoms with E-state index < -0.39 is 29.1 Å². The van der Waals surface area contributed by atoms with E-state index in [0.717, 1.165) is 12.1 Å². The highest BCUT2D eigenvalue weighted by Crippen LogP contribution is 2.24. The third kappa shape index (κ3) is 8.62. The summed E-state index contributed by atoms with van der Waals surface area (Å²) >= 11 is 0. The molecule has 150 valence electrons. The van der Waals surface area contributed by atoms with E-state index in [1.807, 2.05) is 0 Å². The predicted molar refractivity (Wildman–Crippen MR) is 91.9 cm³/mol. The molecular weight excluding hydrogens is 350 g/mol. The first-order chi connectivity index (χ1) is 11.6. The van der Waals surface area contributed by atoms with Gasteiger partial charge in [0.25, 0.3) is 0 Å². The van der Waals surface area contributed by atoms with Crippen LogP contribution in [0.4, 0.5) is 0 Å². The smallest absolute Gasteiger partial charge is 0.335 e.